The van der Waals surface area contributed by atoms with Gasteiger partial charge >= 0.3 is 5.69 Å². The third kappa shape index (κ3) is 2.55. The highest BCUT2D eigenvalue weighted by molar-refractivity contribution is 5.15. The summed E-state index contributed by atoms with van der Waals surface area (Å²) in [5.41, 5.74) is -0.168. The van der Waals surface area contributed by atoms with Crippen molar-refractivity contribution in [2.24, 2.45) is 5.41 Å². The minimum absolute atomic E-state index is 0.0284. The fraction of sp³-hybridized carbons (Fsp3) is 0.667. The maximum absolute atomic E-state index is 11.6. The summed E-state index contributed by atoms with van der Waals surface area (Å²) < 4.78 is 2.60. The van der Waals surface area contributed by atoms with E-state index >= 15 is 0 Å². The van der Waals surface area contributed by atoms with Crippen LogP contribution in [0.5, 0.6) is 0 Å². The first-order chi connectivity index (χ1) is 6.44. The van der Waals surface area contributed by atoms with Gasteiger partial charge in [-0.3, -0.25) is 0 Å². The summed E-state index contributed by atoms with van der Waals surface area (Å²) in [6.07, 6.45) is 3.34. The fourth-order valence-electron chi connectivity index (χ4n) is 1.07. The van der Waals surface area contributed by atoms with E-state index in [2.05, 4.69) is 10.4 Å². The Kier molecular flexibility index (Phi) is 2.88. The van der Waals surface area contributed by atoms with E-state index < -0.39 is 0 Å². The Morgan fingerprint density at radius 1 is 1.36 bits per heavy atom. The molecule has 0 radical (unpaired) electrons. The van der Waals surface area contributed by atoms with Gasteiger partial charge in [0.15, 0.2) is 0 Å². The molecule has 0 fully saturated rings. The Bertz CT molecular complexity index is 380. The molecule has 0 unspecified atom stereocenters. The van der Waals surface area contributed by atoms with Crippen LogP contribution in [0.1, 0.15) is 27.7 Å². The molecule has 0 saturated heterocycles. The van der Waals surface area contributed by atoms with E-state index in [1.807, 2.05) is 27.7 Å². The quantitative estimate of drug-likeness (QED) is 0.708. The number of allylic oxidation sites excluding steroid dienone is 1. The van der Waals surface area contributed by atoms with Gasteiger partial charge in [0.1, 0.15) is 0 Å². The average Bonchev–Trinajstić information content (AvgIpc) is 2.34. The highest BCUT2D eigenvalue weighted by atomic mass is 16.2. The number of hydrogen-bond acceptors (Lipinski definition) is 3. The van der Waals surface area contributed by atoms with Crippen LogP contribution in [0, 0.1) is 5.41 Å². The molecule has 0 spiro atoms. The first-order valence-corrected chi connectivity index (χ1v) is 4.59. The molecule has 14 heavy (non-hydrogen) atoms. The predicted molar refractivity (Wildman–Crippen MR) is 54.7 cm³/mol. The van der Waals surface area contributed by atoms with Gasteiger partial charge in [0, 0.05) is 6.20 Å². The topological polar surface area (TPSA) is 52.7 Å². The maximum atomic E-state index is 11.6. The Morgan fingerprint density at radius 3 is 2.50 bits per heavy atom. The van der Waals surface area contributed by atoms with Crippen LogP contribution < -0.4 is 5.69 Å². The molecule has 0 aliphatic carbocycles. The van der Waals surface area contributed by atoms with Crippen molar-refractivity contribution in [1.82, 2.24) is 19.8 Å². The highest BCUT2D eigenvalue weighted by Crippen LogP contribution is 2.13. The van der Waals surface area contributed by atoms with Crippen LogP contribution in [0.25, 0.3) is 6.20 Å². The summed E-state index contributed by atoms with van der Waals surface area (Å²) in [4.78, 5) is 11.6. The van der Waals surface area contributed by atoms with Crippen molar-refractivity contribution in [3.63, 3.8) is 0 Å². The number of tetrazole rings is 1. The van der Waals surface area contributed by atoms with Crippen LogP contribution >= 0.6 is 0 Å². The zero-order valence-corrected chi connectivity index (χ0v) is 9.06. The summed E-state index contributed by atoms with van der Waals surface area (Å²) in [7, 11) is 0. The molecule has 0 bridgehead atoms. The highest BCUT2D eigenvalue weighted by Gasteiger charge is 2.14. The fourth-order valence-corrected chi connectivity index (χ4v) is 1.07. The summed E-state index contributed by atoms with van der Waals surface area (Å²) in [6.45, 7) is 8.55. The van der Waals surface area contributed by atoms with E-state index in [0.29, 0.717) is 6.54 Å². The summed E-state index contributed by atoms with van der Waals surface area (Å²) in [5, 5.41) is 7.51. The van der Waals surface area contributed by atoms with Crippen molar-refractivity contribution in [3.05, 3.63) is 16.6 Å². The second-order valence-electron chi connectivity index (χ2n) is 4.41. The van der Waals surface area contributed by atoms with Crippen molar-refractivity contribution in [3.8, 4) is 0 Å². The summed E-state index contributed by atoms with van der Waals surface area (Å²) >= 11 is 0. The first-order valence-electron chi connectivity index (χ1n) is 4.59. The Morgan fingerprint density at radius 2 is 2.00 bits per heavy atom. The van der Waals surface area contributed by atoms with Crippen LogP contribution in [0.4, 0.5) is 0 Å². The molecule has 5 heteroatoms. The molecule has 0 saturated carbocycles. The molecular formula is C9H16N4O. The molecule has 1 rings (SSSR count). The van der Waals surface area contributed by atoms with Crippen LogP contribution in [-0.2, 0) is 6.54 Å². The van der Waals surface area contributed by atoms with E-state index in [9.17, 15) is 4.79 Å². The van der Waals surface area contributed by atoms with Crippen molar-refractivity contribution in [1.29, 1.82) is 0 Å². The van der Waals surface area contributed by atoms with Gasteiger partial charge in [-0.2, -0.15) is 9.36 Å². The van der Waals surface area contributed by atoms with Crippen molar-refractivity contribution >= 4 is 6.20 Å². The first kappa shape index (κ1) is 10.7. The Hall–Kier alpha value is -1.39. The lowest BCUT2D eigenvalue weighted by Crippen LogP contribution is -2.28. The standard InChI is InChI=1S/C9H16N4O/c1-5-6-12-8(14)13(11-10-12)7-9(2,3)4/h5-6H,7H2,1-4H3/b6-5-. The van der Waals surface area contributed by atoms with Crippen LogP contribution in [0.15, 0.2) is 10.9 Å². The van der Waals surface area contributed by atoms with Gasteiger partial charge in [0.2, 0.25) is 0 Å². The molecule has 1 aromatic rings. The lowest BCUT2D eigenvalue weighted by Gasteiger charge is -2.15. The smallest absolute Gasteiger partial charge is 0.244 e. The molecule has 0 atom stereocenters. The molecule has 0 amide bonds. The second kappa shape index (κ2) is 3.77. The molecule has 78 valence electrons. The largest absolute Gasteiger partial charge is 0.367 e. The van der Waals surface area contributed by atoms with E-state index in [-0.39, 0.29) is 11.1 Å². The average molecular weight is 196 g/mol. The van der Waals surface area contributed by atoms with Crippen LogP contribution in [-0.4, -0.2) is 19.8 Å². The van der Waals surface area contributed by atoms with E-state index in [4.69, 9.17) is 0 Å². The number of nitrogens with zero attached hydrogens (tertiary/aromatic N) is 4. The lowest BCUT2D eigenvalue weighted by molar-refractivity contribution is 0.316. The molecule has 0 N–H and O–H groups in total. The van der Waals surface area contributed by atoms with E-state index in [1.54, 1.807) is 12.3 Å². The minimum Gasteiger partial charge on any atom is -0.244 e. The SMILES string of the molecule is C/C=C\n1nnn(CC(C)(C)C)c1=O. The van der Waals surface area contributed by atoms with Gasteiger partial charge in [-0.15, -0.1) is 0 Å². The maximum Gasteiger partial charge on any atom is 0.367 e. The second-order valence-corrected chi connectivity index (χ2v) is 4.41. The minimum atomic E-state index is -0.196. The van der Waals surface area contributed by atoms with Gasteiger partial charge in [-0.25, -0.2) is 4.79 Å². The van der Waals surface area contributed by atoms with Gasteiger partial charge < -0.3 is 0 Å². The van der Waals surface area contributed by atoms with E-state index in [1.165, 1.54) is 9.36 Å². The molecule has 5 nitrogen and oxygen atoms in total. The summed E-state index contributed by atoms with van der Waals surface area (Å²) in [5.74, 6) is 0. The monoisotopic (exact) mass is 196 g/mol. The number of hydrogen-bond donors (Lipinski definition) is 0. The zero-order chi connectivity index (χ0) is 10.8. The Balaban J connectivity index is 2.97. The van der Waals surface area contributed by atoms with Gasteiger partial charge in [0.05, 0.1) is 6.54 Å². The molecule has 1 heterocycles. The third-order valence-electron chi connectivity index (χ3n) is 1.58. The lowest BCUT2D eigenvalue weighted by atomic mass is 9.97. The molecular weight excluding hydrogens is 180 g/mol. The molecule has 1 aromatic heterocycles. The van der Waals surface area contributed by atoms with Gasteiger partial charge in [-0.1, -0.05) is 26.8 Å². The molecule has 0 aliphatic heterocycles. The van der Waals surface area contributed by atoms with Crippen molar-refractivity contribution in [2.45, 2.75) is 34.2 Å². The van der Waals surface area contributed by atoms with E-state index in [0.717, 1.165) is 0 Å². The summed E-state index contributed by atoms with van der Waals surface area (Å²) in [6, 6.07) is 0. The number of rotatable bonds is 2. The molecule has 0 aromatic carbocycles. The third-order valence-corrected chi connectivity index (χ3v) is 1.58. The predicted octanol–water partition coefficient (Wildman–Crippen LogP) is 0.976. The van der Waals surface area contributed by atoms with Gasteiger partial charge in [0.25, 0.3) is 0 Å². The van der Waals surface area contributed by atoms with Crippen molar-refractivity contribution in [2.75, 3.05) is 0 Å². The normalized spacial score (nSPS) is 12.6. The molecule has 0 aliphatic rings. The zero-order valence-electron chi connectivity index (χ0n) is 9.06. The van der Waals surface area contributed by atoms with Crippen LogP contribution in [0.2, 0.25) is 0 Å². The Labute approximate surface area is 83.0 Å². The number of aromatic nitrogens is 4. The van der Waals surface area contributed by atoms with Crippen LogP contribution in [0.3, 0.4) is 0 Å². The van der Waals surface area contributed by atoms with Gasteiger partial charge in [-0.05, 0) is 22.8 Å². The van der Waals surface area contributed by atoms with Crippen molar-refractivity contribution < 1.29 is 0 Å².